The summed E-state index contributed by atoms with van der Waals surface area (Å²) in [4.78, 5) is 26.1. The zero-order valence-electron chi connectivity index (χ0n) is 13.9. The maximum atomic E-state index is 12.0. The van der Waals surface area contributed by atoms with E-state index < -0.39 is 0 Å². The molecule has 0 aliphatic heterocycles. The van der Waals surface area contributed by atoms with Crippen LogP contribution in [0.2, 0.25) is 10.0 Å². The van der Waals surface area contributed by atoms with Gasteiger partial charge in [0.05, 0.1) is 10.8 Å². The van der Waals surface area contributed by atoms with Crippen LogP contribution in [0, 0.1) is 0 Å². The molecule has 1 N–H and O–H groups in total. The second kappa shape index (κ2) is 9.13. The topological polar surface area (TPSA) is 49.4 Å². The Morgan fingerprint density at radius 3 is 2.40 bits per heavy atom. The highest BCUT2D eigenvalue weighted by atomic mass is 35.5. The van der Waals surface area contributed by atoms with Crippen molar-refractivity contribution in [2.75, 3.05) is 19.8 Å². The van der Waals surface area contributed by atoms with E-state index in [1.165, 1.54) is 16.7 Å². The van der Waals surface area contributed by atoms with Crippen LogP contribution in [0.25, 0.3) is 0 Å². The van der Waals surface area contributed by atoms with Gasteiger partial charge in [0.1, 0.15) is 0 Å². The fourth-order valence-corrected chi connectivity index (χ4v) is 3.33. The van der Waals surface area contributed by atoms with Gasteiger partial charge in [-0.05, 0) is 35.9 Å². The number of rotatable bonds is 6. The number of amides is 2. The molecule has 2 amide bonds. The molecule has 0 saturated carbocycles. The number of carbonyl (C=O) groups excluding carboxylic acids is 2. The smallest absolute Gasteiger partial charge is 0.253 e. The molecule has 7 heteroatoms. The van der Waals surface area contributed by atoms with Gasteiger partial charge in [-0.15, -0.1) is 11.8 Å². The van der Waals surface area contributed by atoms with E-state index in [0.717, 1.165) is 10.5 Å². The highest BCUT2D eigenvalue weighted by Gasteiger charge is 2.09. The van der Waals surface area contributed by atoms with Crippen LogP contribution in [0.4, 0.5) is 0 Å². The summed E-state index contributed by atoms with van der Waals surface area (Å²) in [6.07, 6.45) is 0. The molecule has 0 radical (unpaired) electrons. The van der Waals surface area contributed by atoms with E-state index in [9.17, 15) is 9.59 Å². The van der Waals surface area contributed by atoms with Crippen molar-refractivity contribution < 1.29 is 9.59 Å². The molecule has 0 aliphatic rings. The normalized spacial score (nSPS) is 10.4. The van der Waals surface area contributed by atoms with Gasteiger partial charge in [0.15, 0.2) is 0 Å². The van der Waals surface area contributed by atoms with Crippen molar-refractivity contribution in [2.24, 2.45) is 0 Å². The first-order valence-corrected chi connectivity index (χ1v) is 9.26. The molecule has 0 heterocycles. The van der Waals surface area contributed by atoms with Crippen LogP contribution in [-0.4, -0.2) is 36.6 Å². The molecule has 0 spiro atoms. The summed E-state index contributed by atoms with van der Waals surface area (Å²) in [6.45, 7) is 0.402. The molecule has 0 saturated heterocycles. The second-order valence-corrected chi connectivity index (χ2v) is 7.40. The number of thioether (sulfide) groups is 1. The summed E-state index contributed by atoms with van der Waals surface area (Å²) in [5, 5.41) is 4.00. The van der Waals surface area contributed by atoms with E-state index in [4.69, 9.17) is 23.2 Å². The van der Waals surface area contributed by atoms with Gasteiger partial charge in [-0.25, -0.2) is 0 Å². The van der Waals surface area contributed by atoms with Crippen molar-refractivity contribution in [1.82, 2.24) is 10.2 Å². The highest BCUT2D eigenvalue weighted by molar-refractivity contribution is 8.00. The van der Waals surface area contributed by atoms with E-state index in [1.54, 1.807) is 44.4 Å². The average Bonchev–Trinajstić information content (AvgIpc) is 2.60. The molecule has 4 nitrogen and oxygen atoms in total. The van der Waals surface area contributed by atoms with E-state index in [-0.39, 0.29) is 17.6 Å². The van der Waals surface area contributed by atoms with Gasteiger partial charge in [-0.3, -0.25) is 9.59 Å². The number of halogens is 2. The first-order valence-electron chi connectivity index (χ1n) is 7.52. The number of benzene rings is 2. The molecule has 0 unspecified atom stereocenters. The minimum atomic E-state index is -0.102. The van der Waals surface area contributed by atoms with Crippen LogP contribution in [0.15, 0.2) is 47.4 Å². The van der Waals surface area contributed by atoms with Gasteiger partial charge in [0.2, 0.25) is 5.91 Å². The molecular formula is C18H18Cl2N2O2S. The summed E-state index contributed by atoms with van der Waals surface area (Å²) in [6, 6.07) is 12.3. The Labute approximate surface area is 161 Å². The number of hydrogen-bond donors (Lipinski definition) is 1. The van der Waals surface area contributed by atoms with Crippen LogP contribution in [0.3, 0.4) is 0 Å². The predicted molar refractivity (Wildman–Crippen MR) is 103 cm³/mol. The van der Waals surface area contributed by atoms with Gasteiger partial charge in [-0.1, -0.05) is 35.3 Å². The molecule has 0 fully saturated rings. The Hall–Kier alpha value is -1.69. The maximum Gasteiger partial charge on any atom is 0.253 e. The van der Waals surface area contributed by atoms with E-state index in [0.29, 0.717) is 22.2 Å². The minimum Gasteiger partial charge on any atom is -0.351 e. The third-order valence-electron chi connectivity index (χ3n) is 3.35. The van der Waals surface area contributed by atoms with Crippen LogP contribution < -0.4 is 5.32 Å². The van der Waals surface area contributed by atoms with Gasteiger partial charge >= 0.3 is 0 Å². The van der Waals surface area contributed by atoms with Gasteiger partial charge in [0, 0.05) is 36.1 Å². The number of nitrogens with one attached hydrogen (secondary N) is 1. The fraction of sp³-hybridized carbons (Fsp3) is 0.222. The lowest BCUT2D eigenvalue weighted by atomic mass is 10.1. The molecule has 0 aliphatic carbocycles. The summed E-state index contributed by atoms with van der Waals surface area (Å²) < 4.78 is 0. The summed E-state index contributed by atoms with van der Waals surface area (Å²) >= 11 is 13.3. The Kier molecular flexibility index (Phi) is 7.17. The number of hydrogen-bond acceptors (Lipinski definition) is 3. The Bertz CT molecular complexity index is 764. The van der Waals surface area contributed by atoms with Gasteiger partial charge in [-0.2, -0.15) is 0 Å². The lowest BCUT2D eigenvalue weighted by Crippen LogP contribution is -2.25. The van der Waals surface area contributed by atoms with E-state index >= 15 is 0 Å². The molecule has 2 aromatic rings. The standard InChI is InChI=1S/C18H18Cl2N2O2S/c1-22(2)18(24)13-5-3-12(4-6-13)10-21-17(23)11-25-16-9-14(19)7-8-15(16)20/h3-9H,10-11H2,1-2H3,(H,21,23). The molecule has 0 bridgehead atoms. The fourth-order valence-electron chi connectivity index (χ4n) is 2.01. The maximum absolute atomic E-state index is 12.0. The zero-order valence-corrected chi connectivity index (χ0v) is 16.2. The lowest BCUT2D eigenvalue weighted by molar-refractivity contribution is -0.118. The average molecular weight is 397 g/mol. The third kappa shape index (κ3) is 5.96. The molecule has 2 rings (SSSR count). The monoisotopic (exact) mass is 396 g/mol. The van der Waals surface area contributed by atoms with Crippen molar-refractivity contribution in [1.29, 1.82) is 0 Å². The highest BCUT2D eigenvalue weighted by Crippen LogP contribution is 2.29. The van der Waals surface area contributed by atoms with Crippen molar-refractivity contribution in [2.45, 2.75) is 11.4 Å². The second-order valence-electron chi connectivity index (χ2n) is 5.54. The van der Waals surface area contributed by atoms with Crippen molar-refractivity contribution in [3.63, 3.8) is 0 Å². The van der Waals surface area contributed by atoms with E-state index in [2.05, 4.69) is 5.32 Å². The van der Waals surface area contributed by atoms with Crippen LogP contribution in [0.1, 0.15) is 15.9 Å². The summed E-state index contributed by atoms with van der Waals surface area (Å²) in [5.41, 5.74) is 1.54. The summed E-state index contributed by atoms with van der Waals surface area (Å²) in [7, 11) is 3.42. The minimum absolute atomic E-state index is 0.0506. The number of nitrogens with zero attached hydrogens (tertiary/aromatic N) is 1. The van der Waals surface area contributed by atoms with Crippen LogP contribution in [0.5, 0.6) is 0 Å². The Morgan fingerprint density at radius 1 is 1.08 bits per heavy atom. The largest absolute Gasteiger partial charge is 0.351 e. The molecule has 0 aromatic heterocycles. The van der Waals surface area contributed by atoms with Crippen molar-refractivity contribution >= 4 is 46.8 Å². The van der Waals surface area contributed by atoms with Crippen LogP contribution in [-0.2, 0) is 11.3 Å². The first-order chi connectivity index (χ1) is 11.9. The van der Waals surface area contributed by atoms with Crippen molar-refractivity contribution in [3.8, 4) is 0 Å². The van der Waals surface area contributed by atoms with E-state index in [1.807, 2.05) is 12.1 Å². The molecule has 132 valence electrons. The Balaban J connectivity index is 1.83. The van der Waals surface area contributed by atoms with Gasteiger partial charge < -0.3 is 10.2 Å². The van der Waals surface area contributed by atoms with Crippen molar-refractivity contribution in [3.05, 3.63) is 63.6 Å². The Morgan fingerprint density at radius 2 is 1.76 bits per heavy atom. The third-order valence-corrected chi connectivity index (χ3v) is 5.08. The summed E-state index contributed by atoms with van der Waals surface area (Å²) in [5.74, 6) is 0.0944. The molecular weight excluding hydrogens is 379 g/mol. The van der Waals surface area contributed by atoms with Gasteiger partial charge in [0.25, 0.3) is 5.91 Å². The quantitative estimate of drug-likeness (QED) is 0.747. The predicted octanol–water partition coefficient (Wildman–Crippen LogP) is 4.10. The number of carbonyl (C=O) groups is 2. The van der Waals surface area contributed by atoms with Crippen LogP contribution >= 0.6 is 35.0 Å². The molecule has 0 atom stereocenters. The first kappa shape index (κ1) is 19.6. The molecule has 2 aromatic carbocycles. The molecule has 25 heavy (non-hydrogen) atoms. The SMILES string of the molecule is CN(C)C(=O)c1ccc(CNC(=O)CSc2cc(Cl)ccc2Cl)cc1. The zero-order chi connectivity index (χ0) is 18.4. The lowest BCUT2D eigenvalue weighted by Gasteiger charge is -2.11.